The summed E-state index contributed by atoms with van der Waals surface area (Å²) in [5.74, 6) is 0. The largest absolute Gasteiger partial charge is 0.455 e. The fourth-order valence-corrected chi connectivity index (χ4v) is 8.85. The second-order valence-electron chi connectivity index (χ2n) is 15.0. The molecule has 276 valence electrons. The number of hydrogen-bond donors (Lipinski definition) is 0. The van der Waals surface area contributed by atoms with Gasteiger partial charge in [0.05, 0.1) is 27.6 Å². The zero-order chi connectivity index (χ0) is 42.3. The van der Waals surface area contributed by atoms with Gasteiger partial charge in [-0.3, -0.25) is 0 Å². The number of fused-ring (bicyclic) bond motifs is 9. The molecule has 2 heterocycles. The summed E-state index contributed by atoms with van der Waals surface area (Å²) in [4.78, 5) is 1.89. The minimum absolute atomic E-state index is 0.113. The van der Waals surface area contributed by atoms with Crippen molar-refractivity contribution in [3.05, 3.63) is 218 Å². The molecule has 3 heteroatoms. The fourth-order valence-electron chi connectivity index (χ4n) is 8.85. The minimum Gasteiger partial charge on any atom is -0.455 e. The van der Waals surface area contributed by atoms with Gasteiger partial charge >= 0.3 is 0 Å². The second kappa shape index (κ2) is 13.4. The summed E-state index contributed by atoms with van der Waals surface area (Å²) in [6.45, 7) is 0. The molecule has 0 amide bonds. The predicted molar refractivity (Wildman–Crippen MR) is 249 cm³/mol. The molecule has 0 saturated heterocycles. The van der Waals surface area contributed by atoms with E-state index >= 15 is 0 Å². The van der Waals surface area contributed by atoms with Crippen molar-refractivity contribution < 1.29 is 9.90 Å². The van der Waals surface area contributed by atoms with E-state index in [1.807, 2.05) is 95.9 Å². The summed E-state index contributed by atoms with van der Waals surface area (Å²) < 4.78 is 47.5. The summed E-state index contributed by atoms with van der Waals surface area (Å²) in [6, 6.07) is 65.0. The topological polar surface area (TPSA) is 21.3 Å². The van der Waals surface area contributed by atoms with Crippen LogP contribution in [0.4, 0.5) is 17.1 Å². The highest BCUT2D eigenvalue weighted by molar-refractivity contribution is 6.19. The smallest absolute Gasteiger partial charge is 0.143 e. The van der Waals surface area contributed by atoms with Gasteiger partial charge in [0, 0.05) is 38.6 Å². The molecule has 0 unspecified atom stereocenters. The van der Waals surface area contributed by atoms with Crippen LogP contribution in [0.15, 0.2) is 223 Å². The number of hydrogen-bond acceptors (Lipinski definition) is 2. The number of anilines is 3. The standard InChI is InChI=1S/C56H36N2O/c1-2-16-44(17-3-1)58-51-21-9-8-20-48(51)50-36-43(29-33-52(50)58)41-15-10-18-46(35-41)57(45-30-26-38(27-31-45)42-25-24-37-12-4-5-14-40(37)34-42)53-22-11-23-54-55(53)49-32-28-39-13-6-7-19-47(39)56(49)59-54/h1-36H/i26D,27D,30D,31D. The van der Waals surface area contributed by atoms with Gasteiger partial charge in [-0.25, -0.2) is 0 Å². The summed E-state index contributed by atoms with van der Waals surface area (Å²) in [7, 11) is 0. The van der Waals surface area contributed by atoms with E-state index in [2.05, 4.69) is 108 Å². The number of furan rings is 1. The maximum atomic E-state index is 9.76. The molecule has 12 aromatic rings. The predicted octanol–water partition coefficient (Wildman–Crippen LogP) is 15.8. The number of aromatic nitrogens is 1. The van der Waals surface area contributed by atoms with Gasteiger partial charge in [-0.15, -0.1) is 0 Å². The van der Waals surface area contributed by atoms with E-state index < -0.39 is 0 Å². The van der Waals surface area contributed by atoms with Crippen LogP contribution in [0.2, 0.25) is 0 Å². The first-order valence-electron chi connectivity index (χ1n) is 21.8. The Kier molecular flexibility index (Phi) is 6.65. The molecule has 0 aliphatic heterocycles. The van der Waals surface area contributed by atoms with Crippen molar-refractivity contribution in [3.63, 3.8) is 0 Å². The van der Waals surface area contributed by atoms with Gasteiger partial charge in [0.15, 0.2) is 0 Å². The molecule has 12 rings (SSSR count). The zero-order valence-corrected chi connectivity index (χ0v) is 31.8. The first-order valence-corrected chi connectivity index (χ1v) is 19.8. The lowest BCUT2D eigenvalue weighted by Gasteiger charge is -2.27. The third-order valence-corrected chi connectivity index (χ3v) is 11.6. The average Bonchev–Trinajstić information content (AvgIpc) is 3.89. The third kappa shape index (κ3) is 5.44. The van der Waals surface area contributed by atoms with Gasteiger partial charge in [0.2, 0.25) is 0 Å². The zero-order valence-electron chi connectivity index (χ0n) is 35.8. The summed E-state index contributed by atoms with van der Waals surface area (Å²) in [5.41, 5.74) is 9.07. The molecule has 0 radical (unpaired) electrons. The average molecular weight is 757 g/mol. The monoisotopic (exact) mass is 756 g/mol. The lowest BCUT2D eigenvalue weighted by atomic mass is 9.99. The lowest BCUT2D eigenvalue weighted by Crippen LogP contribution is -2.10. The molecule has 0 bridgehead atoms. The SMILES string of the molecule is [2H]c1c([2H])c(N(c2cccc(-c3ccc4c(c3)c3ccccc3n4-c3ccccc3)c2)c2cccc3oc4c5ccccc5ccc4c23)c([2H])c([2H])c1-c1ccc2ccccc2c1. The van der Waals surface area contributed by atoms with E-state index in [1.54, 1.807) is 0 Å². The van der Waals surface area contributed by atoms with Crippen LogP contribution in [-0.2, 0) is 0 Å². The van der Waals surface area contributed by atoms with Gasteiger partial charge in [-0.05, 0) is 117 Å². The molecule has 2 aromatic heterocycles. The molecule has 0 fully saturated rings. The molecule has 10 aromatic carbocycles. The minimum atomic E-state index is -0.144. The highest BCUT2D eigenvalue weighted by Gasteiger charge is 2.21. The van der Waals surface area contributed by atoms with E-state index in [1.165, 1.54) is 0 Å². The Bertz CT molecular complexity index is 3790. The van der Waals surface area contributed by atoms with Gasteiger partial charge < -0.3 is 13.9 Å². The van der Waals surface area contributed by atoms with Crippen molar-refractivity contribution in [1.82, 2.24) is 4.57 Å². The number of para-hydroxylation sites is 2. The highest BCUT2D eigenvalue weighted by atomic mass is 16.3. The lowest BCUT2D eigenvalue weighted by molar-refractivity contribution is 0.672. The van der Waals surface area contributed by atoms with Gasteiger partial charge in [-0.2, -0.15) is 0 Å². The van der Waals surface area contributed by atoms with Crippen LogP contribution in [0.25, 0.3) is 93.2 Å². The van der Waals surface area contributed by atoms with Crippen molar-refractivity contribution in [3.8, 4) is 27.9 Å². The Morgan fingerprint density at radius 3 is 1.97 bits per heavy atom. The quantitative estimate of drug-likeness (QED) is 0.168. The van der Waals surface area contributed by atoms with Crippen LogP contribution >= 0.6 is 0 Å². The van der Waals surface area contributed by atoms with E-state index in [4.69, 9.17) is 4.42 Å². The summed E-state index contributed by atoms with van der Waals surface area (Å²) in [5, 5.41) is 8.02. The molecule has 0 spiro atoms. The van der Waals surface area contributed by atoms with Gasteiger partial charge in [-0.1, -0.05) is 139 Å². The summed E-state index contributed by atoms with van der Waals surface area (Å²) >= 11 is 0. The Balaban J connectivity index is 1.09. The molecular weight excluding hydrogens is 717 g/mol. The molecule has 3 nitrogen and oxygen atoms in total. The molecule has 0 aliphatic carbocycles. The Morgan fingerprint density at radius 1 is 0.407 bits per heavy atom. The van der Waals surface area contributed by atoms with E-state index in [0.29, 0.717) is 22.5 Å². The number of rotatable bonds is 6. The fraction of sp³-hybridized carbons (Fsp3) is 0. The maximum absolute atomic E-state index is 9.76. The number of benzene rings is 10. The molecule has 0 N–H and O–H groups in total. The Hall–Kier alpha value is -7.88. The molecular formula is C56H36N2O. The first kappa shape index (κ1) is 29.4. The molecule has 59 heavy (non-hydrogen) atoms. The van der Waals surface area contributed by atoms with Crippen LogP contribution in [0, 0.1) is 0 Å². The molecule has 0 saturated carbocycles. The van der Waals surface area contributed by atoms with Crippen LogP contribution < -0.4 is 4.90 Å². The van der Waals surface area contributed by atoms with Crippen LogP contribution in [-0.4, -0.2) is 4.57 Å². The van der Waals surface area contributed by atoms with Gasteiger partial charge in [0.25, 0.3) is 0 Å². The van der Waals surface area contributed by atoms with E-state index in [0.717, 1.165) is 76.5 Å². The molecule has 0 atom stereocenters. The van der Waals surface area contributed by atoms with E-state index in [-0.39, 0.29) is 35.4 Å². The highest BCUT2D eigenvalue weighted by Crippen LogP contribution is 2.45. The normalized spacial score (nSPS) is 12.7. The van der Waals surface area contributed by atoms with Crippen LogP contribution in [0.1, 0.15) is 5.48 Å². The van der Waals surface area contributed by atoms with Crippen molar-refractivity contribution in [2.75, 3.05) is 4.90 Å². The van der Waals surface area contributed by atoms with Gasteiger partial charge in [0.1, 0.15) is 11.2 Å². The van der Waals surface area contributed by atoms with Crippen molar-refractivity contribution in [2.45, 2.75) is 0 Å². The number of nitrogens with zero attached hydrogens (tertiary/aromatic N) is 2. The Labute approximate surface area is 346 Å². The second-order valence-corrected chi connectivity index (χ2v) is 15.0. The molecule has 0 aliphatic rings. The van der Waals surface area contributed by atoms with Crippen LogP contribution in [0.3, 0.4) is 0 Å². The maximum Gasteiger partial charge on any atom is 0.143 e. The van der Waals surface area contributed by atoms with Crippen LogP contribution in [0.5, 0.6) is 0 Å². The summed E-state index contributed by atoms with van der Waals surface area (Å²) in [6.07, 6.45) is 0. The van der Waals surface area contributed by atoms with Crippen molar-refractivity contribution >= 4 is 82.4 Å². The first-order chi connectivity index (χ1) is 30.9. The van der Waals surface area contributed by atoms with E-state index in [9.17, 15) is 5.48 Å². The van der Waals surface area contributed by atoms with Crippen molar-refractivity contribution in [2.24, 2.45) is 0 Å². The Morgan fingerprint density at radius 2 is 1.08 bits per heavy atom. The van der Waals surface area contributed by atoms with Crippen molar-refractivity contribution in [1.29, 1.82) is 0 Å². The third-order valence-electron chi connectivity index (χ3n) is 11.6.